The fourth-order valence-corrected chi connectivity index (χ4v) is 1.20. The van der Waals surface area contributed by atoms with Gasteiger partial charge in [-0.1, -0.05) is 6.07 Å². The largest absolute Gasteiger partial charge is 0.514 e. The molecule has 0 saturated heterocycles. The number of carbonyl (C=O) groups is 2. The monoisotopic (exact) mass is 265 g/mol. The molecule has 1 radical (unpaired) electrons. The third-order valence-corrected chi connectivity index (χ3v) is 1.85. The zero-order valence-corrected chi connectivity index (χ0v) is 11.5. The second kappa shape index (κ2) is 6.22. The van der Waals surface area contributed by atoms with Crippen LogP contribution in [0.25, 0.3) is 0 Å². The molecule has 5 heteroatoms. The number of rotatable bonds is 3. The van der Waals surface area contributed by atoms with Crippen molar-refractivity contribution in [2.45, 2.75) is 33.3 Å². The van der Waals surface area contributed by atoms with Crippen molar-refractivity contribution in [3.63, 3.8) is 0 Å². The SMILES string of the molecule is CCOC(=O)c1[c]c(OC(=O)OC(C)(C)C)ccc1. The van der Waals surface area contributed by atoms with Crippen LogP contribution in [0, 0.1) is 6.07 Å². The van der Waals surface area contributed by atoms with Crippen LogP contribution in [-0.4, -0.2) is 24.3 Å². The number of esters is 1. The summed E-state index contributed by atoms with van der Waals surface area (Å²) in [6, 6.07) is 7.25. The van der Waals surface area contributed by atoms with E-state index in [1.807, 2.05) is 0 Å². The first-order chi connectivity index (χ1) is 8.81. The van der Waals surface area contributed by atoms with E-state index in [0.717, 1.165) is 0 Å². The Morgan fingerprint density at radius 3 is 2.53 bits per heavy atom. The molecule has 19 heavy (non-hydrogen) atoms. The van der Waals surface area contributed by atoms with E-state index in [1.165, 1.54) is 12.1 Å². The molecular weight excluding hydrogens is 248 g/mol. The zero-order valence-electron chi connectivity index (χ0n) is 11.5. The van der Waals surface area contributed by atoms with E-state index in [4.69, 9.17) is 14.2 Å². The van der Waals surface area contributed by atoms with Crippen LogP contribution in [0.3, 0.4) is 0 Å². The van der Waals surface area contributed by atoms with Gasteiger partial charge in [0.15, 0.2) is 0 Å². The summed E-state index contributed by atoms with van der Waals surface area (Å²) in [6.45, 7) is 7.16. The van der Waals surface area contributed by atoms with Gasteiger partial charge in [0.1, 0.15) is 11.4 Å². The molecule has 0 amide bonds. The van der Waals surface area contributed by atoms with Gasteiger partial charge in [-0.25, -0.2) is 9.59 Å². The highest BCUT2D eigenvalue weighted by atomic mass is 16.7. The maximum atomic E-state index is 11.5. The molecular formula is C14H17O5. The summed E-state index contributed by atoms with van der Waals surface area (Å²) >= 11 is 0. The van der Waals surface area contributed by atoms with Crippen molar-refractivity contribution < 1.29 is 23.8 Å². The second-order valence-electron chi connectivity index (χ2n) is 4.72. The van der Waals surface area contributed by atoms with Gasteiger partial charge in [0.05, 0.1) is 12.2 Å². The molecule has 0 N–H and O–H groups in total. The van der Waals surface area contributed by atoms with Gasteiger partial charge in [-0.3, -0.25) is 0 Å². The first kappa shape index (κ1) is 15.0. The summed E-state index contributed by atoms with van der Waals surface area (Å²) in [5.74, 6) is -0.406. The summed E-state index contributed by atoms with van der Waals surface area (Å²) in [5.41, 5.74) is -0.446. The fraction of sp³-hybridized carbons (Fsp3) is 0.429. The smallest absolute Gasteiger partial charge is 0.462 e. The lowest BCUT2D eigenvalue weighted by Crippen LogP contribution is -2.26. The highest BCUT2D eigenvalue weighted by molar-refractivity contribution is 5.89. The van der Waals surface area contributed by atoms with Gasteiger partial charge in [-0.15, -0.1) is 0 Å². The molecule has 1 rings (SSSR count). The van der Waals surface area contributed by atoms with Gasteiger partial charge < -0.3 is 14.2 Å². The number of hydrogen-bond acceptors (Lipinski definition) is 5. The van der Waals surface area contributed by atoms with Gasteiger partial charge in [-0.2, -0.15) is 0 Å². The molecule has 0 aliphatic rings. The lowest BCUT2D eigenvalue weighted by Gasteiger charge is -2.18. The molecule has 0 aliphatic carbocycles. The van der Waals surface area contributed by atoms with Crippen LogP contribution in [0.4, 0.5) is 4.79 Å². The van der Waals surface area contributed by atoms with Crippen LogP contribution in [-0.2, 0) is 9.47 Å². The maximum absolute atomic E-state index is 11.5. The highest BCUT2D eigenvalue weighted by Crippen LogP contribution is 2.16. The van der Waals surface area contributed by atoms with Crippen molar-refractivity contribution in [2.75, 3.05) is 6.61 Å². The van der Waals surface area contributed by atoms with Gasteiger partial charge in [0.25, 0.3) is 0 Å². The second-order valence-corrected chi connectivity index (χ2v) is 4.72. The molecule has 0 saturated carbocycles. The molecule has 0 aromatic heterocycles. The summed E-state index contributed by atoms with van der Waals surface area (Å²) in [7, 11) is 0. The van der Waals surface area contributed by atoms with Crippen molar-refractivity contribution >= 4 is 12.1 Å². The summed E-state index contributed by atoms with van der Waals surface area (Å²) in [6.07, 6.45) is -0.843. The summed E-state index contributed by atoms with van der Waals surface area (Å²) < 4.78 is 14.8. The average molecular weight is 265 g/mol. The molecule has 1 aromatic rings. The Hall–Kier alpha value is -2.04. The van der Waals surface area contributed by atoms with Gasteiger partial charge in [0.2, 0.25) is 0 Å². The van der Waals surface area contributed by atoms with Crippen molar-refractivity contribution in [3.05, 3.63) is 29.8 Å². The minimum absolute atomic E-state index is 0.111. The molecule has 0 fully saturated rings. The molecule has 0 unspecified atom stereocenters. The number of ether oxygens (including phenoxy) is 3. The van der Waals surface area contributed by atoms with Crippen molar-refractivity contribution in [2.24, 2.45) is 0 Å². The number of benzene rings is 1. The van der Waals surface area contributed by atoms with E-state index < -0.39 is 17.7 Å². The van der Waals surface area contributed by atoms with Crippen molar-refractivity contribution in [1.82, 2.24) is 0 Å². The predicted molar refractivity (Wildman–Crippen MR) is 68.1 cm³/mol. The lowest BCUT2D eigenvalue weighted by atomic mass is 10.2. The van der Waals surface area contributed by atoms with E-state index in [1.54, 1.807) is 33.8 Å². The van der Waals surface area contributed by atoms with Crippen molar-refractivity contribution in [1.29, 1.82) is 0 Å². The van der Waals surface area contributed by atoms with Crippen LogP contribution in [0.15, 0.2) is 18.2 Å². The van der Waals surface area contributed by atoms with Crippen molar-refractivity contribution in [3.8, 4) is 5.75 Å². The molecule has 0 aliphatic heterocycles. The Balaban J connectivity index is 2.72. The average Bonchev–Trinajstić information content (AvgIpc) is 2.27. The standard InChI is InChI=1S/C14H17O5/c1-5-17-12(15)10-7-6-8-11(9-10)18-13(16)19-14(2,3)4/h6-8H,5H2,1-4H3. The fourth-order valence-electron chi connectivity index (χ4n) is 1.20. The predicted octanol–water partition coefficient (Wildman–Crippen LogP) is 2.98. The zero-order chi connectivity index (χ0) is 14.5. The lowest BCUT2D eigenvalue weighted by molar-refractivity contribution is 0.0204. The minimum atomic E-state index is -0.843. The van der Waals surface area contributed by atoms with Crippen LogP contribution >= 0.6 is 0 Å². The normalized spacial score (nSPS) is 10.7. The molecule has 5 nitrogen and oxygen atoms in total. The van der Waals surface area contributed by atoms with Crippen LogP contribution in [0.2, 0.25) is 0 Å². The molecule has 103 valence electrons. The number of carbonyl (C=O) groups excluding carboxylic acids is 2. The van der Waals surface area contributed by atoms with E-state index in [-0.39, 0.29) is 17.9 Å². The summed E-state index contributed by atoms with van der Waals surface area (Å²) in [5, 5.41) is 0. The Kier molecular flexibility index (Phi) is 4.92. The molecule has 0 bridgehead atoms. The van der Waals surface area contributed by atoms with Gasteiger partial charge in [0, 0.05) is 6.07 Å². The van der Waals surface area contributed by atoms with Crippen LogP contribution < -0.4 is 4.74 Å². The van der Waals surface area contributed by atoms with E-state index in [2.05, 4.69) is 6.07 Å². The maximum Gasteiger partial charge on any atom is 0.514 e. The topological polar surface area (TPSA) is 61.8 Å². The Morgan fingerprint density at radius 2 is 1.95 bits per heavy atom. The molecule has 0 heterocycles. The number of hydrogen-bond donors (Lipinski definition) is 0. The van der Waals surface area contributed by atoms with Gasteiger partial charge >= 0.3 is 12.1 Å². The third kappa shape index (κ3) is 5.42. The Labute approximate surface area is 112 Å². The molecule has 1 aromatic carbocycles. The molecule has 0 atom stereocenters. The van der Waals surface area contributed by atoms with Crippen LogP contribution in [0.5, 0.6) is 5.75 Å². The Bertz CT molecular complexity index is 459. The quantitative estimate of drug-likeness (QED) is 0.621. The first-order valence-electron chi connectivity index (χ1n) is 5.92. The molecule has 0 spiro atoms. The van der Waals surface area contributed by atoms with E-state index >= 15 is 0 Å². The van der Waals surface area contributed by atoms with E-state index in [0.29, 0.717) is 0 Å². The Morgan fingerprint density at radius 1 is 1.26 bits per heavy atom. The summed E-state index contributed by atoms with van der Waals surface area (Å²) in [4.78, 5) is 22.9. The third-order valence-electron chi connectivity index (χ3n) is 1.85. The first-order valence-corrected chi connectivity index (χ1v) is 5.92. The highest BCUT2D eigenvalue weighted by Gasteiger charge is 2.18. The van der Waals surface area contributed by atoms with Crippen LogP contribution in [0.1, 0.15) is 38.1 Å². The minimum Gasteiger partial charge on any atom is -0.462 e. The van der Waals surface area contributed by atoms with Gasteiger partial charge in [-0.05, 0) is 39.8 Å². The van der Waals surface area contributed by atoms with E-state index in [9.17, 15) is 9.59 Å².